The fourth-order valence-electron chi connectivity index (χ4n) is 4.00. The molecule has 2 saturated heterocycles. The Morgan fingerprint density at radius 3 is 2.60 bits per heavy atom. The van der Waals surface area contributed by atoms with Crippen LogP contribution in [-0.4, -0.2) is 48.1 Å². The van der Waals surface area contributed by atoms with Crippen molar-refractivity contribution in [1.29, 1.82) is 0 Å². The normalized spacial score (nSPS) is 40.1. The number of nitrogens with zero attached hydrogens (tertiary/aromatic N) is 1. The number of ether oxygens (including phenoxy) is 1. The summed E-state index contributed by atoms with van der Waals surface area (Å²) in [5, 5.41) is 10.1. The van der Waals surface area contributed by atoms with Gasteiger partial charge in [0.1, 0.15) is 6.23 Å². The molecule has 3 aliphatic rings. The molecule has 1 N–H and O–H groups in total. The van der Waals surface area contributed by atoms with Crippen molar-refractivity contribution < 1.29 is 18.3 Å². The molecule has 2 heterocycles. The predicted octanol–water partition coefficient (Wildman–Crippen LogP) is 1.47. The summed E-state index contributed by atoms with van der Waals surface area (Å²) in [6.45, 7) is 2.47. The van der Waals surface area contributed by atoms with Crippen molar-refractivity contribution in [3.05, 3.63) is 0 Å². The summed E-state index contributed by atoms with van der Waals surface area (Å²) in [7, 11) is -3.34. The number of fused-ring (bicyclic) bond motifs is 2. The van der Waals surface area contributed by atoms with Gasteiger partial charge in [-0.1, -0.05) is 32.6 Å². The van der Waals surface area contributed by atoms with E-state index < -0.39 is 22.4 Å². The Hall–Kier alpha value is -0.170. The van der Waals surface area contributed by atoms with Gasteiger partial charge in [-0.2, -0.15) is 4.31 Å². The molecule has 4 atom stereocenters. The number of rotatable bonds is 3. The first-order valence-electron chi connectivity index (χ1n) is 7.87. The summed E-state index contributed by atoms with van der Waals surface area (Å²) >= 11 is 0. The molecule has 2 bridgehead atoms. The van der Waals surface area contributed by atoms with Crippen molar-refractivity contribution in [3.63, 3.8) is 0 Å². The lowest BCUT2D eigenvalue weighted by Gasteiger charge is -2.41. The molecule has 0 aromatic heterocycles. The van der Waals surface area contributed by atoms with Crippen molar-refractivity contribution in [3.8, 4) is 0 Å². The molecular formula is C14H25NO4S. The Kier molecular flexibility index (Phi) is 4.10. The van der Waals surface area contributed by atoms with Crippen LogP contribution in [0.5, 0.6) is 0 Å². The molecule has 5 nitrogen and oxygen atoms in total. The molecule has 0 unspecified atom stereocenters. The van der Waals surface area contributed by atoms with Crippen molar-refractivity contribution in [2.24, 2.45) is 5.92 Å². The second-order valence-corrected chi connectivity index (χ2v) is 8.53. The lowest BCUT2D eigenvalue weighted by atomic mass is 9.88. The minimum absolute atomic E-state index is 0.0692. The number of aliphatic hydroxyl groups excluding tert-OH is 1. The first-order chi connectivity index (χ1) is 9.55. The predicted molar refractivity (Wildman–Crippen MR) is 75.6 cm³/mol. The van der Waals surface area contributed by atoms with Gasteiger partial charge in [0.2, 0.25) is 10.0 Å². The Bertz CT molecular complexity index is 446. The minimum atomic E-state index is -3.34. The molecule has 0 amide bonds. The highest BCUT2D eigenvalue weighted by molar-refractivity contribution is 7.89. The molecule has 3 fully saturated rings. The van der Waals surface area contributed by atoms with Crippen molar-refractivity contribution in [2.45, 2.75) is 75.5 Å². The van der Waals surface area contributed by atoms with Crippen LogP contribution in [0.25, 0.3) is 0 Å². The van der Waals surface area contributed by atoms with Crippen LogP contribution in [-0.2, 0) is 14.8 Å². The van der Waals surface area contributed by atoms with Crippen LogP contribution in [0.2, 0.25) is 0 Å². The van der Waals surface area contributed by atoms with E-state index in [2.05, 4.69) is 0 Å². The van der Waals surface area contributed by atoms with Gasteiger partial charge in [-0.3, -0.25) is 0 Å². The number of sulfonamides is 1. The molecule has 0 aromatic carbocycles. The third kappa shape index (κ3) is 2.30. The van der Waals surface area contributed by atoms with E-state index in [9.17, 15) is 13.5 Å². The highest BCUT2D eigenvalue weighted by Crippen LogP contribution is 2.40. The zero-order valence-electron chi connectivity index (χ0n) is 12.1. The third-order valence-corrected chi connectivity index (χ3v) is 7.62. The van der Waals surface area contributed by atoms with Crippen LogP contribution in [0.15, 0.2) is 0 Å². The third-order valence-electron chi connectivity index (χ3n) is 5.21. The van der Waals surface area contributed by atoms with Crippen molar-refractivity contribution >= 4 is 10.0 Å². The molecule has 6 heteroatoms. The second kappa shape index (κ2) is 5.55. The standard InChI is InChI=1S/C14H25NO4S/c1-2-10-8-11-9-19-14(13(10)16)15(11)20(17,18)12-6-4-3-5-7-12/h10-14,16H,2-9H2,1H3/t10-,11+,13+,14+/m1/s1. The van der Waals surface area contributed by atoms with Gasteiger partial charge in [0.25, 0.3) is 0 Å². The van der Waals surface area contributed by atoms with Crippen molar-refractivity contribution in [1.82, 2.24) is 4.31 Å². The summed E-state index contributed by atoms with van der Waals surface area (Å²) in [5.41, 5.74) is 0. The van der Waals surface area contributed by atoms with Crippen LogP contribution in [0.4, 0.5) is 0 Å². The summed E-state index contributed by atoms with van der Waals surface area (Å²) in [5.74, 6) is 0.158. The smallest absolute Gasteiger partial charge is 0.219 e. The average molecular weight is 303 g/mol. The van der Waals surface area contributed by atoms with Crippen LogP contribution in [0.1, 0.15) is 51.9 Å². The molecule has 2 aliphatic heterocycles. The van der Waals surface area contributed by atoms with Gasteiger partial charge >= 0.3 is 0 Å². The molecule has 0 spiro atoms. The Labute approximate surface area is 121 Å². The number of hydrogen-bond acceptors (Lipinski definition) is 4. The number of hydrogen-bond donors (Lipinski definition) is 1. The summed E-state index contributed by atoms with van der Waals surface area (Å²) in [4.78, 5) is 0. The fraction of sp³-hybridized carbons (Fsp3) is 1.00. The quantitative estimate of drug-likeness (QED) is 0.857. The maximum Gasteiger partial charge on any atom is 0.219 e. The first kappa shape index (κ1) is 14.8. The first-order valence-corrected chi connectivity index (χ1v) is 9.38. The summed E-state index contributed by atoms with van der Waals surface area (Å²) in [6, 6.07) is -0.0692. The zero-order chi connectivity index (χ0) is 14.3. The van der Waals surface area contributed by atoms with Gasteiger partial charge in [0.05, 0.1) is 24.0 Å². The van der Waals surface area contributed by atoms with Gasteiger partial charge in [-0.25, -0.2) is 8.42 Å². The van der Waals surface area contributed by atoms with Gasteiger partial charge < -0.3 is 9.84 Å². The van der Waals surface area contributed by atoms with Crippen LogP contribution < -0.4 is 0 Å². The number of piperidine rings is 1. The Morgan fingerprint density at radius 2 is 1.95 bits per heavy atom. The van der Waals surface area contributed by atoms with Crippen LogP contribution in [0, 0.1) is 5.92 Å². The van der Waals surface area contributed by atoms with E-state index in [-0.39, 0.29) is 17.2 Å². The molecule has 1 saturated carbocycles. The van der Waals surface area contributed by atoms with E-state index in [4.69, 9.17) is 4.74 Å². The van der Waals surface area contributed by atoms with Crippen molar-refractivity contribution in [2.75, 3.05) is 6.61 Å². The fourth-order valence-corrected chi connectivity index (χ4v) is 6.31. The molecule has 20 heavy (non-hydrogen) atoms. The van der Waals surface area contributed by atoms with E-state index in [1.54, 1.807) is 0 Å². The molecular weight excluding hydrogens is 278 g/mol. The minimum Gasteiger partial charge on any atom is -0.389 e. The second-order valence-electron chi connectivity index (χ2n) is 6.41. The van der Waals surface area contributed by atoms with E-state index in [1.807, 2.05) is 6.92 Å². The van der Waals surface area contributed by atoms with E-state index in [0.29, 0.717) is 6.61 Å². The van der Waals surface area contributed by atoms with Gasteiger partial charge in [-0.15, -0.1) is 0 Å². The Balaban J connectivity index is 1.83. The number of aliphatic hydroxyl groups is 1. The van der Waals surface area contributed by atoms with Gasteiger partial charge in [-0.05, 0) is 25.2 Å². The van der Waals surface area contributed by atoms with E-state index in [1.165, 1.54) is 4.31 Å². The molecule has 0 aromatic rings. The molecule has 0 radical (unpaired) electrons. The van der Waals surface area contributed by atoms with Crippen LogP contribution in [0.3, 0.4) is 0 Å². The lowest BCUT2D eigenvalue weighted by molar-refractivity contribution is -0.0788. The highest BCUT2D eigenvalue weighted by atomic mass is 32.2. The summed E-state index contributed by atoms with van der Waals surface area (Å²) in [6.07, 6.45) is 4.90. The topological polar surface area (TPSA) is 66.8 Å². The zero-order valence-corrected chi connectivity index (χ0v) is 12.9. The largest absolute Gasteiger partial charge is 0.389 e. The monoisotopic (exact) mass is 303 g/mol. The Morgan fingerprint density at radius 1 is 1.25 bits per heavy atom. The molecule has 3 rings (SSSR count). The SMILES string of the molecule is CC[C@@H]1C[C@H]2CO[C@@H]([C@H]1O)N2S(=O)(=O)C1CCCCC1. The molecule has 1 aliphatic carbocycles. The van der Waals surface area contributed by atoms with Gasteiger partial charge in [0, 0.05) is 0 Å². The van der Waals surface area contributed by atoms with E-state index in [0.717, 1.165) is 44.9 Å². The van der Waals surface area contributed by atoms with E-state index >= 15 is 0 Å². The van der Waals surface area contributed by atoms with Crippen LogP contribution >= 0.6 is 0 Å². The summed E-state index contributed by atoms with van der Waals surface area (Å²) < 4.78 is 32.9. The molecule has 116 valence electrons. The maximum atomic E-state index is 12.9. The lowest BCUT2D eigenvalue weighted by Crippen LogP contribution is -2.56. The average Bonchev–Trinajstić information content (AvgIpc) is 2.82. The van der Waals surface area contributed by atoms with Gasteiger partial charge in [0.15, 0.2) is 0 Å². The highest BCUT2D eigenvalue weighted by Gasteiger charge is 2.53. The maximum absolute atomic E-state index is 12.9.